The van der Waals surface area contributed by atoms with E-state index < -0.39 is 0 Å². The van der Waals surface area contributed by atoms with E-state index in [2.05, 4.69) is 57.3 Å². The molecule has 0 aromatic heterocycles. The summed E-state index contributed by atoms with van der Waals surface area (Å²) in [6.45, 7) is 9.98. The van der Waals surface area contributed by atoms with E-state index >= 15 is 0 Å². The number of nitrogens with one attached hydrogen (secondary N) is 1. The molecule has 0 fully saturated rings. The molecular weight excluding hydrogens is 222 g/mol. The summed E-state index contributed by atoms with van der Waals surface area (Å²) in [5.41, 5.74) is 2.89. The average molecular weight is 249 g/mol. The lowest BCUT2D eigenvalue weighted by Crippen LogP contribution is -2.28. The number of hydrogen-bond donors (Lipinski definition) is 2. The van der Waals surface area contributed by atoms with Crippen LogP contribution in [0, 0.1) is 0 Å². The molecule has 1 atom stereocenters. The third-order valence-electron chi connectivity index (χ3n) is 3.39. The molecule has 0 radical (unpaired) electrons. The number of benzene rings is 1. The minimum Gasteiger partial charge on any atom is -0.396 e. The minimum absolute atomic E-state index is 0.217. The van der Waals surface area contributed by atoms with E-state index in [1.807, 2.05) is 0 Å². The maximum Gasteiger partial charge on any atom is 0.0445 e. The van der Waals surface area contributed by atoms with E-state index in [9.17, 15) is 0 Å². The fraction of sp³-hybridized carbons (Fsp3) is 0.625. The molecular formula is C16H27NO. The highest BCUT2D eigenvalue weighted by Crippen LogP contribution is 2.22. The summed E-state index contributed by atoms with van der Waals surface area (Å²) in [5.74, 6) is 0. The van der Waals surface area contributed by atoms with Crippen LogP contribution in [0.15, 0.2) is 24.3 Å². The molecule has 1 rings (SSSR count). The smallest absolute Gasteiger partial charge is 0.0445 e. The van der Waals surface area contributed by atoms with Crippen LogP contribution in [0.25, 0.3) is 0 Å². The van der Waals surface area contributed by atoms with E-state index in [0.717, 1.165) is 19.4 Å². The van der Waals surface area contributed by atoms with Gasteiger partial charge >= 0.3 is 0 Å². The molecule has 0 bridgehead atoms. The van der Waals surface area contributed by atoms with E-state index in [0.29, 0.717) is 6.04 Å². The standard InChI is InChI=1S/C16H27NO/c1-5-15(10-11-18)17-12-13-6-8-14(9-7-13)16(2,3)4/h6-9,15,17-18H,5,10-12H2,1-4H3. The van der Waals surface area contributed by atoms with Gasteiger partial charge in [0, 0.05) is 19.2 Å². The normalized spacial score (nSPS) is 13.6. The molecule has 1 aromatic rings. The Morgan fingerprint density at radius 1 is 1.17 bits per heavy atom. The second kappa shape index (κ2) is 6.91. The Morgan fingerprint density at radius 3 is 2.22 bits per heavy atom. The zero-order valence-electron chi connectivity index (χ0n) is 12.2. The van der Waals surface area contributed by atoms with Crippen molar-refractivity contribution in [2.24, 2.45) is 0 Å². The Kier molecular flexibility index (Phi) is 5.83. The first-order chi connectivity index (χ1) is 8.47. The summed E-state index contributed by atoms with van der Waals surface area (Å²) in [6, 6.07) is 9.23. The molecule has 2 heteroatoms. The first-order valence-corrected chi connectivity index (χ1v) is 6.91. The summed E-state index contributed by atoms with van der Waals surface area (Å²) >= 11 is 0. The van der Waals surface area contributed by atoms with Crippen molar-refractivity contribution in [3.63, 3.8) is 0 Å². The number of aliphatic hydroxyl groups is 1. The predicted octanol–water partition coefficient (Wildman–Crippen LogP) is 3.23. The average Bonchev–Trinajstić information content (AvgIpc) is 2.34. The van der Waals surface area contributed by atoms with Crippen LogP contribution in [0.4, 0.5) is 0 Å². The van der Waals surface area contributed by atoms with Crippen molar-refractivity contribution in [2.75, 3.05) is 6.61 Å². The molecule has 2 N–H and O–H groups in total. The summed E-state index contributed by atoms with van der Waals surface area (Å²) in [7, 11) is 0. The molecule has 0 spiro atoms. The van der Waals surface area contributed by atoms with Crippen molar-refractivity contribution in [3.8, 4) is 0 Å². The van der Waals surface area contributed by atoms with Crippen LogP contribution in [0.2, 0.25) is 0 Å². The van der Waals surface area contributed by atoms with Crippen molar-refractivity contribution >= 4 is 0 Å². The van der Waals surface area contributed by atoms with Gasteiger partial charge in [-0.3, -0.25) is 0 Å². The molecule has 0 aliphatic carbocycles. The highest BCUT2D eigenvalue weighted by atomic mass is 16.3. The summed E-state index contributed by atoms with van der Waals surface area (Å²) in [5, 5.41) is 12.4. The van der Waals surface area contributed by atoms with Gasteiger partial charge in [-0.15, -0.1) is 0 Å². The minimum atomic E-state index is 0.217. The number of aliphatic hydroxyl groups excluding tert-OH is 1. The van der Waals surface area contributed by atoms with Crippen molar-refractivity contribution in [2.45, 2.75) is 58.5 Å². The van der Waals surface area contributed by atoms with E-state index in [1.54, 1.807) is 0 Å². The summed E-state index contributed by atoms with van der Waals surface area (Å²) in [6.07, 6.45) is 1.89. The van der Waals surface area contributed by atoms with Gasteiger partial charge in [0.05, 0.1) is 0 Å². The van der Waals surface area contributed by atoms with Crippen molar-refractivity contribution in [3.05, 3.63) is 35.4 Å². The Labute approximate surface area is 111 Å². The monoisotopic (exact) mass is 249 g/mol. The van der Waals surface area contributed by atoms with Crippen LogP contribution in [0.1, 0.15) is 51.7 Å². The Morgan fingerprint density at radius 2 is 1.78 bits per heavy atom. The molecule has 1 aromatic carbocycles. The van der Waals surface area contributed by atoms with E-state index in [4.69, 9.17) is 5.11 Å². The third-order valence-corrected chi connectivity index (χ3v) is 3.39. The Balaban J connectivity index is 2.53. The predicted molar refractivity (Wildman–Crippen MR) is 77.8 cm³/mol. The lowest BCUT2D eigenvalue weighted by molar-refractivity contribution is 0.262. The van der Waals surface area contributed by atoms with Crippen LogP contribution in [-0.4, -0.2) is 17.8 Å². The molecule has 0 saturated heterocycles. The van der Waals surface area contributed by atoms with E-state index in [1.165, 1.54) is 11.1 Å². The van der Waals surface area contributed by atoms with Crippen LogP contribution >= 0.6 is 0 Å². The second-order valence-corrected chi connectivity index (χ2v) is 5.95. The molecule has 0 aliphatic rings. The van der Waals surface area contributed by atoms with Crippen LogP contribution in [0.5, 0.6) is 0 Å². The molecule has 0 saturated carbocycles. The summed E-state index contributed by atoms with van der Waals surface area (Å²) < 4.78 is 0. The SMILES string of the molecule is CCC(CCO)NCc1ccc(C(C)(C)C)cc1. The molecule has 0 amide bonds. The van der Waals surface area contributed by atoms with Gasteiger partial charge in [-0.05, 0) is 29.4 Å². The molecule has 102 valence electrons. The van der Waals surface area contributed by atoms with Gasteiger partial charge in [0.25, 0.3) is 0 Å². The van der Waals surface area contributed by atoms with Gasteiger partial charge in [0.15, 0.2) is 0 Å². The first kappa shape index (κ1) is 15.2. The maximum absolute atomic E-state index is 8.95. The molecule has 0 heterocycles. The fourth-order valence-electron chi connectivity index (χ4n) is 1.99. The number of hydrogen-bond acceptors (Lipinski definition) is 2. The van der Waals surface area contributed by atoms with Crippen molar-refractivity contribution < 1.29 is 5.11 Å². The van der Waals surface area contributed by atoms with Gasteiger partial charge in [-0.2, -0.15) is 0 Å². The Bertz CT molecular complexity index is 337. The van der Waals surface area contributed by atoms with Crippen molar-refractivity contribution in [1.29, 1.82) is 0 Å². The van der Waals surface area contributed by atoms with Crippen LogP contribution < -0.4 is 5.32 Å². The van der Waals surface area contributed by atoms with Gasteiger partial charge in [0.1, 0.15) is 0 Å². The van der Waals surface area contributed by atoms with Crippen LogP contribution in [-0.2, 0) is 12.0 Å². The highest BCUT2D eigenvalue weighted by molar-refractivity contribution is 5.27. The lowest BCUT2D eigenvalue weighted by atomic mass is 9.87. The van der Waals surface area contributed by atoms with E-state index in [-0.39, 0.29) is 12.0 Å². The molecule has 18 heavy (non-hydrogen) atoms. The zero-order chi connectivity index (χ0) is 13.6. The van der Waals surface area contributed by atoms with Gasteiger partial charge < -0.3 is 10.4 Å². The third kappa shape index (κ3) is 4.79. The first-order valence-electron chi connectivity index (χ1n) is 6.91. The lowest BCUT2D eigenvalue weighted by Gasteiger charge is -2.20. The number of rotatable bonds is 6. The molecule has 2 nitrogen and oxygen atoms in total. The largest absolute Gasteiger partial charge is 0.396 e. The van der Waals surface area contributed by atoms with Gasteiger partial charge in [-0.1, -0.05) is 52.0 Å². The Hall–Kier alpha value is -0.860. The highest BCUT2D eigenvalue weighted by Gasteiger charge is 2.12. The van der Waals surface area contributed by atoms with Gasteiger partial charge in [-0.25, -0.2) is 0 Å². The summed E-state index contributed by atoms with van der Waals surface area (Å²) in [4.78, 5) is 0. The fourth-order valence-corrected chi connectivity index (χ4v) is 1.99. The molecule has 1 unspecified atom stereocenters. The maximum atomic E-state index is 8.95. The second-order valence-electron chi connectivity index (χ2n) is 5.95. The topological polar surface area (TPSA) is 32.3 Å². The van der Waals surface area contributed by atoms with Crippen molar-refractivity contribution in [1.82, 2.24) is 5.32 Å². The van der Waals surface area contributed by atoms with Crippen LogP contribution in [0.3, 0.4) is 0 Å². The quantitative estimate of drug-likeness (QED) is 0.811. The zero-order valence-corrected chi connectivity index (χ0v) is 12.2. The molecule has 0 aliphatic heterocycles. The van der Waals surface area contributed by atoms with Gasteiger partial charge in [0.2, 0.25) is 0 Å².